The second-order valence-electron chi connectivity index (χ2n) is 9.03. The van der Waals surface area contributed by atoms with E-state index in [0.29, 0.717) is 44.9 Å². The van der Waals surface area contributed by atoms with Crippen LogP contribution < -0.4 is 9.64 Å². The lowest BCUT2D eigenvalue weighted by molar-refractivity contribution is 0.0746. The summed E-state index contributed by atoms with van der Waals surface area (Å²) >= 11 is 1.62. The number of thiazole rings is 1. The van der Waals surface area contributed by atoms with Gasteiger partial charge in [0.05, 0.1) is 22.8 Å². The molecule has 0 bridgehead atoms. The summed E-state index contributed by atoms with van der Waals surface area (Å²) in [5.74, 6) is 0.657. The molecule has 5 rings (SSSR count). The number of nitrogens with zero attached hydrogens (tertiary/aromatic N) is 4. The standard InChI is InChI=1S/C25H30N4O5S2/c1-27(17-19-5-4-16-34-19)36(31,32)20-10-8-18(9-11-20)24(30)28-12-14-29(15-13-28)25-26-23-21(33-2)6-3-7-22(23)35-25/h3,6-11,19H,4-5,12-17H2,1-2H3. The average Bonchev–Trinajstić information content (AvgIpc) is 3.58. The Morgan fingerprint density at radius 2 is 1.92 bits per heavy atom. The summed E-state index contributed by atoms with van der Waals surface area (Å²) < 4.78 is 39.3. The van der Waals surface area contributed by atoms with Crippen molar-refractivity contribution in [3.8, 4) is 5.75 Å². The number of para-hydroxylation sites is 1. The predicted octanol–water partition coefficient (Wildman–Crippen LogP) is 3.07. The molecule has 3 heterocycles. The first-order valence-corrected chi connectivity index (χ1v) is 14.3. The van der Waals surface area contributed by atoms with E-state index in [-0.39, 0.29) is 16.9 Å². The van der Waals surface area contributed by atoms with Crippen LogP contribution in [0.2, 0.25) is 0 Å². The van der Waals surface area contributed by atoms with Crippen LogP contribution in [-0.4, -0.2) is 88.1 Å². The summed E-state index contributed by atoms with van der Waals surface area (Å²) in [5.41, 5.74) is 1.34. The van der Waals surface area contributed by atoms with Crippen molar-refractivity contribution in [2.24, 2.45) is 0 Å². The van der Waals surface area contributed by atoms with Gasteiger partial charge in [-0.15, -0.1) is 0 Å². The summed E-state index contributed by atoms with van der Waals surface area (Å²) in [6.45, 7) is 3.49. The minimum atomic E-state index is -3.64. The molecule has 9 nitrogen and oxygen atoms in total. The summed E-state index contributed by atoms with van der Waals surface area (Å²) in [6.07, 6.45) is 1.77. The van der Waals surface area contributed by atoms with Crippen molar-refractivity contribution < 1.29 is 22.7 Å². The average molecular weight is 531 g/mol. The maximum atomic E-state index is 13.1. The Balaban J connectivity index is 1.21. The van der Waals surface area contributed by atoms with Crippen molar-refractivity contribution in [2.75, 3.05) is 58.4 Å². The van der Waals surface area contributed by atoms with E-state index in [9.17, 15) is 13.2 Å². The third-order valence-electron chi connectivity index (χ3n) is 6.72. The highest BCUT2D eigenvalue weighted by molar-refractivity contribution is 7.89. The molecule has 0 aliphatic carbocycles. The number of hydrogen-bond acceptors (Lipinski definition) is 8. The van der Waals surface area contributed by atoms with Gasteiger partial charge in [0.15, 0.2) is 5.13 Å². The highest BCUT2D eigenvalue weighted by atomic mass is 32.2. The Hall–Kier alpha value is -2.73. The summed E-state index contributed by atoms with van der Waals surface area (Å²) in [5, 5.41) is 0.920. The number of carbonyl (C=O) groups is 1. The van der Waals surface area contributed by atoms with E-state index in [1.54, 1.807) is 42.5 Å². The van der Waals surface area contributed by atoms with Crippen LogP contribution in [0.25, 0.3) is 10.2 Å². The van der Waals surface area contributed by atoms with Gasteiger partial charge in [0.1, 0.15) is 11.3 Å². The number of amides is 1. The molecule has 192 valence electrons. The number of hydrogen-bond donors (Lipinski definition) is 0. The van der Waals surface area contributed by atoms with E-state index < -0.39 is 10.0 Å². The molecule has 2 aliphatic rings. The molecule has 0 saturated carbocycles. The number of anilines is 1. The molecule has 2 saturated heterocycles. The topological polar surface area (TPSA) is 92.3 Å². The number of fused-ring (bicyclic) bond motifs is 1. The first-order chi connectivity index (χ1) is 17.4. The second-order valence-corrected chi connectivity index (χ2v) is 12.1. The van der Waals surface area contributed by atoms with Gasteiger partial charge in [0, 0.05) is 51.9 Å². The lowest BCUT2D eigenvalue weighted by atomic mass is 10.2. The molecule has 36 heavy (non-hydrogen) atoms. The van der Waals surface area contributed by atoms with Gasteiger partial charge in [-0.1, -0.05) is 17.4 Å². The zero-order valence-corrected chi connectivity index (χ0v) is 22.1. The Morgan fingerprint density at radius 3 is 2.58 bits per heavy atom. The molecule has 11 heteroatoms. The quantitative estimate of drug-likeness (QED) is 0.464. The highest BCUT2D eigenvalue weighted by Gasteiger charge is 2.28. The number of piperazine rings is 1. The van der Waals surface area contributed by atoms with Gasteiger partial charge < -0.3 is 19.3 Å². The fourth-order valence-electron chi connectivity index (χ4n) is 4.62. The number of sulfonamides is 1. The predicted molar refractivity (Wildman–Crippen MR) is 140 cm³/mol. The number of methoxy groups -OCH3 is 1. The lowest BCUT2D eigenvalue weighted by Gasteiger charge is -2.34. The van der Waals surface area contributed by atoms with Gasteiger partial charge in [-0.3, -0.25) is 4.79 Å². The van der Waals surface area contributed by atoms with Crippen LogP contribution in [0.3, 0.4) is 0 Å². The van der Waals surface area contributed by atoms with E-state index in [0.717, 1.165) is 33.9 Å². The molecule has 1 aromatic heterocycles. The third kappa shape index (κ3) is 4.93. The van der Waals surface area contributed by atoms with E-state index in [1.165, 1.54) is 16.4 Å². The van der Waals surface area contributed by atoms with Gasteiger partial charge in [0.2, 0.25) is 10.0 Å². The summed E-state index contributed by atoms with van der Waals surface area (Å²) in [4.78, 5) is 22.0. The largest absolute Gasteiger partial charge is 0.494 e. The minimum absolute atomic E-state index is 0.0610. The number of benzene rings is 2. The van der Waals surface area contributed by atoms with Crippen LogP contribution in [-0.2, 0) is 14.8 Å². The van der Waals surface area contributed by atoms with Gasteiger partial charge in [0.25, 0.3) is 5.91 Å². The molecule has 0 spiro atoms. The van der Waals surface area contributed by atoms with Crippen molar-refractivity contribution in [1.82, 2.24) is 14.2 Å². The SMILES string of the molecule is COc1cccc2sc(N3CCN(C(=O)c4ccc(S(=O)(=O)N(C)CC5CCCO5)cc4)CC3)nc12. The molecule has 1 amide bonds. The number of ether oxygens (including phenoxy) is 2. The maximum absolute atomic E-state index is 13.1. The fourth-order valence-corrected chi connectivity index (χ4v) is 6.85. The normalized spacial score (nSPS) is 18.8. The molecule has 1 unspecified atom stereocenters. The smallest absolute Gasteiger partial charge is 0.253 e. The number of aromatic nitrogens is 1. The van der Waals surface area contributed by atoms with Crippen molar-refractivity contribution in [3.05, 3.63) is 48.0 Å². The van der Waals surface area contributed by atoms with E-state index >= 15 is 0 Å². The number of carbonyl (C=O) groups excluding carboxylic acids is 1. The number of likely N-dealkylation sites (N-methyl/N-ethyl adjacent to an activating group) is 1. The van der Waals surface area contributed by atoms with Crippen LogP contribution in [0.1, 0.15) is 23.2 Å². The monoisotopic (exact) mass is 530 g/mol. The molecule has 2 fully saturated rings. The third-order valence-corrected chi connectivity index (χ3v) is 9.64. The van der Waals surface area contributed by atoms with Crippen molar-refractivity contribution >= 4 is 42.6 Å². The van der Waals surface area contributed by atoms with Gasteiger partial charge in [-0.05, 0) is 49.2 Å². The Kier molecular flexibility index (Phi) is 7.16. The van der Waals surface area contributed by atoms with Crippen LogP contribution in [0, 0.1) is 0 Å². The zero-order chi connectivity index (χ0) is 25.3. The Labute approximate surface area is 215 Å². The van der Waals surface area contributed by atoms with E-state index in [4.69, 9.17) is 14.5 Å². The Morgan fingerprint density at radius 1 is 1.17 bits per heavy atom. The summed E-state index contributed by atoms with van der Waals surface area (Å²) in [6, 6.07) is 12.1. The van der Waals surface area contributed by atoms with Crippen LogP contribution in [0.15, 0.2) is 47.4 Å². The van der Waals surface area contributed by atoms with Crippen LogP contribution in [0.4, 0.5) is 5.13 Å². The summed E-state index contributed by atoms with van der Waals surface area (Å²) in [7, 11) is -0.432. The van der Waals surface area contributed by atoms with E-state index in [1.807, 2.05) is 18.2 Å². The first-order valence-electron chi connectivity index (χ1n) is 12.0. The number of rotatable bonds is 7. The molecule has 0 N–H and O–H groups in total. The van der Waals surface area contributed by atoms with Crippen LogP contribution in [0.5, 0.6) is 5.75 Å². The molecular weight excluding hydrogens is 500 g/mol. The van der Waals surface area contributed by atoms with Gasteiger partial charge in [-0.25, -0.2) is 13.4 Å². The van der Waals surface area contributed by atoms with Crippen molar-refractivity contribution in [2.45, 2.75) is 23.8 Å². The highest BCUT2D eigenvalue weighted by Crippen LogP contribution is 2.34. The lowest BCUT2D eigenvalue weighted by Crippen LogP contribution is -2.48. The molecule has 1 atom stereocenters. The minimum Gasteiger partial charge on any atom is -0.494 e. The van der Waals surface area contributed by atoms with Crippen molar-refractivity contribution in [1.29, 1.82) is 0 Å². The molecule has 2 aliphatic heterocycles. The van der Waals surface area contributed by atoms with Crippen LogP contribution >= 0.6 is 11.3 Å². The molecule has 2 aromatic carbocycles. The molecule has 3 aromatic rings. The van der Waals surface area contributed by atoms with Gasteiger partial charge >= 0.3 is 0 Å². The van der Waals surface area contributed by atoms with E-state index in [2.05, 4.69) is 4.90 Å². The molecular formula is C25H30N4O5S2. The second kappa shape index (κ2) is 10.3. The Bertz CT molecular complexity index is 1330. The maximum Gasteiger partial charge on any atom is 0.253 e. The van der Waals surface area contributed by atoms with Crippen molar-refractivity contribution in [3.63, 3.8) is 0 Å². The van der Waals surface area contributed by atoms with Gasteiger partial charge in [-0.2, -0.15) is 4.31 Å². The molecule has 0 radical (unpaired) electrons. The first kappa shape index (κ1) is 24.9. The zero-order valence-electron chi connectivity index (χ0n) is 20.4. The fraction of sp³-hybridized carbons (Fsp3) is 0.440.